The smallest absolute Gasteiger partial charge is 0.234 e. The van der Waals surface area contributed by atoms with E-state index in [0.717, 1.165) is 55.1 Å². The molecule has 4 nitrogen and oxygen atoms in total. The monoisotopic (exact) mass is 288 g/mol. The molecule has 0 spiro atoms. The Balaban J connectivity index is 1.62. The van der Waals surface area contributed by atoms with Crippen molar-refractivity contribution >= 4 is 17.2 Å². The molecule has 0 unspecified atom stereocenters. The molecule has 0 bridgehead atoms. The zero-order valence-electron chi connectivity index (χ0n) is 11.2. The minimum Gasteiger partial charge on any atom is -0.355 e. The summed E-state index contributed by atoms with van der Waals surface area (Å²) in [5, 5.41) is 6.20. The second-order valence-electron chi connectivity index (χ2n) is 5.64. The summed E-state index contributed by atoms with van der Waals surface area (Å²) in [4.78, 5) is 15.7. The topological polar surface area (TPSA) is 46.3 Å². The highest BCUT2D eigenvalue weighted by molar-refractivity contribution is 7.13. The van der Waals surface area contributed by atoms with Crippen molar-refractivity contribution in [1.82, 2.24) is 10.1 Å². The van der Waals surface area contributed by atoms with Crippen molar-refractivity contribution in [2.75, 3.05) is 13.1 Å². The van der Waals surface area contributed by atoms with Gasteiger partial charge in [0.1, 0.15) is 0 Å². The van der Waals surface area contributed by atoms with E-state index in [2.05, 4.69) is 5.16 Å². The Morgan fingerprint density at radius 3 is 2.80 bits per heavy atom. The SMILES string of the molecule is O=C(N1CCCC1)C1(c2cc(-c3cccs3)on2)CC1. The summed E-state index contributed by atoms with van der Waals surface area (Å²) < 4.78 is 5.44. The first-order valence-electron chi connectivity index (χ1n) is 7.10. The highest BCUT2D eigenvalue weighted by Crippen LogP contribution is 2.50. The molecule has 2 aliphatic rings. The van der Waals surface area contributed by atoms with Gasteiger partial charge in [0.25, 0.3) is 0 Å². The Morgan fingerprint density at radius 2 is 2.15 bits per heavy atom. The predicted molar refractivity (Wildman–Crippen MR) is 76.5 cm³/mol. The van der Waals surface area contributed by atoms with Crippen LogP contribution < -0.4 is 0 Å². The third-order valence-electron chi connectivity index (χ3n) is 4.32. The molecule has 0 N–H and O–H groups in total. The lowest BCUT2D eigenvalue weighted by molar-refractivity contribution is -0.133. The van der Waals surface area contributed by atoms with Gasteiger partial charge < -0.3 is 9.42 Å². The van der Waals surface area contributed by atoms with Crippen LogP contribution in [0.5, 0.6) is 0 Å². The van der Waals surface area contributed by atoms with Gasteiger partial charge in [0.15, 0.2) is 5.76 Å². The van der Waals surface area contributed by atoms with Crippen molar-refractivity contribution in [3.63, 3.8) is 0 Å². The number of aromatic nitrogens is 1. The molecule has 1 aliphatic heterocycles. The standard InChI is InChI=1S/C15H16N2O2S/c18-14(17-7-1-2-8-17)15(5-6-15)13-10-11(19-16-13)12-4-3-9-20-12/h3-4,9-10H,1-2,5-8H2. The van der Waals surface area contributed by atoms with Gasteiger partial charge in [0.2, 0.25) is 5.91 Å². The number of amides is 1. The number of carbonyl (C=O) groups is 1. The number of thiophene rings is 1. The quantitative estimate of drug-likeness (QED) is 0.872. The number of likely N-dealkylation sites (tertiary alicyclic amines) is 1. The van der Waals surface area contributed by atoms with E-state index in [9.17, 15) is 4.79 Å². The van der Waals surface area contributed by atoms with Crippen LogP contribution in [0.2, 0.25) is 0 Å². The maximum atomic E-state index is 12.7. The third kappa shape index (κ3) is 1.80. The fourth-order valence-electron chi connectivity index (χ4n) is 2.96. The molecule has 1 saturated heterocycles. The minimum atomic E-state index is -0.386. The average Bonchev–Trinajstić information content (AvgIpc) is 2.98. The van der Waals surface area contributed by atoms with Crippen LogP contribution in [-0.2, 0) is 10.2 Å². The Kier molecular flexibility index (Phi) is 2.70. The molecule has 3 heterocycles. The summed E-state index contributed by atoms with van der Waals surface area (Å²) in [6.45, 7) is 1.80. The Bertz CT molecular complexity index is 622. The van der Waals surface area contributed by atoms with Gasteiger partial charge >= 0.3 is 0 Å². The Hall–Kier alpha value is -1.62. The summed E-state index contributed by atoms with van der Waals surface area (Å²) in [6.07, 6.45) is 4.06. The fraction of sp³-hybridized carbons (Fsp3) is 0.467. The van der Waals surface area contributed by atoms with E-state index in [4.69, 9.17) is 4.52 Å². The lowest BCUT2D eigenvalue weighted by Crippen LogP contribution is -2.37. The molecule has 0 aromatic carbocycles. The molecule has 2 fully saturated rings. The number of nitrogens with zero attached hydrogens (tertiary/aromatic N) is 2. The lowest BCUT2D eigenvalue weighted by atomic mass is 10.0. The molecular formula is C15H16N2O2S. The van der Waals surface area contributed by atoms with Crippen molar-refractivity contribution < 1.29 is 9.32 Å². The molecule has 0 radical (unpaired) electrons. The first kappa shape index (κ1) is 12.1. The molecule has 104 valence electrons. The highest BCUT2D eigenvalue weighted by atomic mass is 32.1. The second-order valence-corrected chi connectivity index (χ2v) is 6.58. The molecule has 1 amide bonds. The van der Waals surface area contributed by atoms with E-state index in [1.165, 1.54) is 0 Å². The van der Waals surface area contributed by atoms with E-state index in [1.807, 2.05) is 28.5 Å². The van der Waals surface area contributed by atoms with E-state index < -0.39 is 0 Å². The molecule has 20 heavy (non-hydrogen) atoms. The number of hydrogen-bond donors (Lipinski definition) is 0. The van der Waals surface area contributed by atoms with Crippen LogP contribution in [0.25, 0.3) is 10.6 Å². The van der Waals surface area contributed by atoms with Crippen LogP contribution in [0, 0.1) is 0 Å². The zero-order chi connectivity index (χ0) is 13.6. The van der Waals surface area contributed by atoms with Crippen LogP contribution in [0.1, 0.15) is 31.4 Å². The Morgan fingerprint density at radius 1 is 1.35 bits per heavy atom. The van der Waals surface area contributed by atoms with Gasteiger partial charge in [-0.05, 0) is 37.1 Å². The fourth-order valence-corrected chi connectivity index (χ4v) is 3.64. The maximum Gasteiger partial charge on any atom is 0.234 e. The minimum absolute atomic E-state index is 0.251. The first-order valence-corrected chi connectivity index (χ1v) is 7.98. The summed E-state index contributed by atoms with van der Waals surface area (Å²) in [5.74, 6) is 1.02. The van der Waals surface area contributed by atoms with E-state index in [1.54, 1.807) is 11.3 Å². The molecular weight excluding hydrogens is 272 g/mol. The van der Waals surface area contributed by atoms with E-state index >= 15 is 0 Å². The molecule has 0 atom stereocenters. The molecule has 1 aliphatic carbocycles. The highest BCUT2D eigenvalue weighted by Gasteiger charge is 2.55. The first-order chi connectivity index (χ1) is 9.79. The summed E-state index contributed by atoms with van der Waals surface area (Å²) >= 11 is 1.63. The van der Waals surface area contributed by atoms with Crippen molar-refractivity contribution in [2.45, 2.75) is 31.1 Å². The van der Waals surface area contributed by atoms with Crippen LogP contribution in [0.3, 0.4) is 0 Å². The van der Waals surface area contributed by atoms with Gasteiger partial charge in [0.05, 0.1) is 16.0 Å². The van der Waals surface area contributed by atoms with Crippen molar-refractivity contribution in [3.8, 4) is 10.6 Å². The zero-order valence-corrected chi connectivity index (χ0v) is 12.0. The molecule has 4 rings (SSSR count). The molecule has 1 saturated carbocycles. The van der Waals surface area contributed by atoms with Gasteiger partial charge in [-0.25, -0.2) is 0 Å². The lowest BCUT2D eigenvalue weighted by Gasteiger charge is -2.20. The van der Waals surface area contributed by atoms with Crippen LogP contribution in [0.15, 0.2) is 28.1 Å². The van der Waals surface area contributed by atoms with E-state index in [0.29, 0.717) is 0 Å². The maximum absolute atomic E-state index is 12.7. The van der Waals surface area contributed by atoms with Crippen LogP contribution >= 0.6 is 11.3 Å². The normalized spacial score (nSPS) is 20.3. The van der Waals surface area contributed by atoms with Gasteiger partial charge in [-0.3, -0.25) is 4.79 Å². The largest absolute Gasteiger partial charge is 0.355 e. The van der Waals surface area contributed by atoms with E-state index in [-0.39, 0.29) is 11.3 Å². The number of hydrogen-bond acceptors (Lipinski definition) is 4. The van der Waals surface area contributed by atoms with Crippen molar-refractivity contribution in [3.05, 3.63) is 29.3 Å². The number of rotatable bonds is 3. The summed E-state index contributed by atoms with van der Waals surface area (Å²) in [5.41, 5.74) is 0.432. The second kappa shape index (κ2) is 4.45. The van der Waals surface area contributed by atoms with Crippen molar-refractivity contribution in [1.29, 1.82) is 0 Å². The average molecular weight is 288 g/mol. The Labute approximate surface area is 121 Å². The van der Waals surface area contributed by atoms with Gasteiger partial charge in [-0.1, -0.05) is 11.2 Å². The van der Waals surface area contributed by atoms with Crippen molar-refractivity contribution in [2.24, 2.45) is 0 Å². The molecule has 2 aromatic heterocycles. The summed E-state index contributed by atoms with van der Waals surface area (Å²) in [7, 11) is 0. The molecule has 2 aromatic rings. The van der Waals surface area contributed by atoms with Crippen LogP contribution in [-0.4, -0.2) is 29.1 Å². The number of carbonyl (C=O) groups excluding carboxylic acids is 1. The predicted octanol–water partition coefficient (Wildman–Crippen LogP) is 3.06. The third-order valence-corrected chi connectivity index (χ3v) is 5.20. The van der Waals surface area contributed by atoms with Gasteiger partial charge in [0, 0.05) is 19.2 Å². The van der Waals surface area contributed by atoms with Crippen LogP contribution in [0.4, 0.5) is 0 Å². The summed E-state index contributed by atoms with van der Waals surface area (Å²) in [6, 6.07) is 5.95. The van der Waals surface area contributed by atoms with Gasteiger partial charge in [-0.2, -0.15) is 0 Å². The van der Waals surface area contributed by atoms with Gasteiger partial charge in [-0.15, -0.1) is 11.3 Å². The molecule has 5 heteroatoms.